The van der Waals surface area contributed by atoms with Crippen LogP contribution in [0.25, 0.3) is 0 Å². The zero-order valence-corrected chi connectivity index (χ0v) is 14.6. The van der Waals surface area contributed by atoms with Gasteiger partial charge in [-0.2, -0.15) is 0 Å². The zero-order chi connectivity index (χ0) is 16.2. The molecule has 1 N–H and O–H groups in total. The predicted octanol–water partition coefficient (Wildman–Crippen LogP) is 3.41. The highest BCUT2D eigenvalue weighted by Crippen LogP contribution is 2.33. The van der Waals surface area contributed by atoms with Crippen molar-refractivity contribution in [1.29, 1.82) is 0 Å². The molecule has 0 spiro atoms. The summed E-state index contributed by atoms with van der Waals surface area (Å²) in [5.41, 5.74) is 1.76. The highest BCUT2D eigenvalue weighted by molar-refractivity contribution is 7.10. The minimum absolute atomic E-state index is 0.231. The number of fused-ring (bicyclic) bond motifs is 1. The molecule has 2 aromatic rings. The Morgan fingerprint density at radius 3 is 3.04 bits per heavy atom. The van der Waals surface area contributed by atoms with Crippen molar-refractivity contribution in [2.24, 2.45) is 5.92 Å². The van der Waals surface area contributed by atoms with Crippen LogP contribution in [0.2, 0.25) is 0 Å². The summed E-state index contributed by atoms with van der Waals surface area (Å²) in [6.07, 6.45) is 3.06. The number of carbonyl (C=O) groups is 2. The smallest absolute Gasteiger partial charge is 0.339 e. The standard InChI is InChI=1S/C17H19NO3S2/c1-11-4-5-13-14(10-23-15(13)7-11)17(20)21-9-16(19)18-8-12-3-2-6-22-12/h2-3,6,10-11H,4-5,7-9H2,1H3,(H,18,19). The molecule has 0 saturated heterocycles. The Bertz CT molecular complexity index is 691. The number of nitrogens with one attached hydrogen (secondary N) is 1. The number of amides is 1. The molecule has 122 valence electrons. The van der Waals surface area contributed by atoms with E-state index in [-0.39, 0.29) is 18.5 Å². The molecule has 0 bridgehead atoms. The van der Waals surface area contributed by atoms with E-state index in [9.17, 15) is 9.59 Å². The van der Waals surface area contributed by atoms with Crippen LogP contribution in [0.3, 0.4) is 0 Å². The minimum atomic E-state index is -0.386. The van der Waals surface area contributed by atoms with Gasteiger partial charge in [-0.15, -0.1) is 22.7 Å². The summed E-state index contributed by atoms with van der Waals surface area (Å²) >= 11 is 3.21. The molecule has 1 aliphatic rings. The first kappa shape index (κ1) is 16.2. The van der Waals surface area contributed by atoms with Gasteiger partial charge in [-0.3, -0.25) is 4.79 Å². The summed E-state index contributed by atoms with van der Waals surface area (Å²) in [5, 5.41) is 6.58. The molecular formula is C17H19NO3S2. The summed E-state index contributed by atoms with van der Waals surface area (Å²) in [4.78, 5) is 26.3. The third-order valence-electron chi connectivity index (χ3n) is 4.00. The molecule has 1 unspecified atom stereocenters. The molecule has 2 heterocycles. The monoisotopic (exact) mass is 349 g/mol. The lowest BCUT2D eigenvalue weighted by Crippen LogP contribution is -2.28. The van der Waals surface area contributed by atoms with E-state index in [0.29, 0.717) is 18.0 Å². The van der Waals surface area contributed by atoms with E-state index < -0.39 is 0 Å². The summed E-state index contributed by atoms with van der Waals surface area (Å²) in [7, 11) is 0. The first-order valence-corrected chi connectivity index (χ1v) is 9.45. The van der Waals surface area contributed by atoms with E-state index in [1.165, 1.54) is 4.88 Å². The topological polar surface area (TPSA) is 55.4 Å². The van der Waals surface area contributed by atoms with Gasteiger partial charge < -0.3 is 10.1 Å². The Morgan fingerprint density at radius 2 is 2.26 bits per heavy atom. The van der Waals surface area contributed by atoms with Gasteiger partial charge >= 0.3 is 5.97 Å². The largest absolute Gasteiger partial charge is 0.452 e. The third kappa shape index (κ3) is 4.00. The van der Waals surface area contributed by atoms with Crippen LogP contribution >= 0.6 is 22.7 Å². The molecule has 1 amide bonds. The number of carbonyl (C=O) groups excluding carboxylic acids is 2. The van der Waals surface area contributed by atoms with Gasteiger partial charge in [0.2, 0.25) is 0 Å². The van der Waals surface area contributed by atoms with Crippen molar-refractivity contribution in [2.75, 3.05) is 6.61 Å². The maximum atomic E-state index is 12.2. The lowest BCUT2D eigenvalue weighted by molar-refractivity contribution is -0.124. The van der Waals surface area contributed by atoms with E-state index in [2.05, 4.69) is 12.2 Å². The van der Waals surface area contributed by atoms with Gasteiger partial charge in [-0.1, -0.05) is 13.0 Å². The van der Waals surface area contributed by atoms with Crippen LogP contribution in [0.4, 0.5) is 0 Å². The fraction of sp³-hybridized carbons (Fsp3) is 0.412. The number of hydrogen-bond donors (Lipinski definition) is 1. The maximum Gasteiger partial charge on any atom is 0.339 e. The molecular weight excluding hydrogens is 330 g/mol. The zero-order valence-electron chi connectivity index (χ0n) is 13.0. The van der Waals surface area contributed by atoms with Crippen LogP contribution in [0, 0.1) is 5.92 Å². The molecule has 23 heavy (non-hydrogen) atoms. The Labute approximate surface area is 143 Å². The summed E-state index contributed by atoms with van der Waals surface area (Å²) < 4.78 is 5.17. The van der Waals surface area contributed by atoms with E-state index in [1.807, 2.05) is 22.9 Å². The van der Waals surface area contributed by atoms with Crippen LogP contribution in [0.15, 0.2) is 22.9 Å². The van der Waals surface area contributed by atoms with Gasteiger partial charge in [-0.05, 0) is 42.2 Å². The minimum Gasteiger partial charge on any atom is -0.452 e. The Morgan fingerprint density at radius 1 is 1.39 bits per heavy atom. The highest BCUT2D eigenvalue weighted by Gasteiger charge is 2.24. The van der Waals surface area contributed by atoms with Gasteiger partial charge in [0.15, 0.2) is 6.61 Å². The van der Waals surface area contributed by atoms with Crippen molar-refractivity contribution in [3.05, 3.63) is 43.8 Å². The molecule has 1 atom stereocenters. The number of ether oxygens (including phenoxy) is 1. The lowest BCUT2D eigenvalue weighted by Gasteiger charge is -2.18. The molecule has 0 fully saturated rings. The molecule has 0 aromatic carbocycles. The molecule has 3 rings (SSSR count). The lowest BCUT2D eigenvalue weighted by atomic mass is 9.88. The third-order valence-corrected chi connectivity index (χ3v) is 5.92. The van der Waals surface area contributed by atoms with E-state index >= 15 is 0 Å². The van der Waals surface area contributed by atoms with Crippen molar-refractivity contribution in [1.82, 2.24) is 5.32 Å². The number of esters is 1. The van der Waals surface area contributed by atoms with Crippen LogP contribution in [0.5, 0.6) is 0 Å². The van der Waals surface area contributed by atoms with Crippen LogP contribution in [-0.4, -0.2) is 18.5 Å². The second-order valence-corrected chi connectivity index (χ2v) is 7.83. The van der Waals surface area contributed by atoms with Gasteiger partial charge in [0.25, 0.3) is 5.91 Å². The fourth-order valence-corrected chi connectivity index (χ4v) is 4.59. The van der Waals surface area contributed by atoms with Gasteiger partial charge in [0, 0.05) is 15.1 Å². The molecule has 0 radical (unpaired) electrons. The molecule has 0 aliphatic heterocycles. The van der Waals surface area contributed by atoms with Crippen molar-refractivity contribution in [2.45, 2.75) is 32.7 Å². The van der Waals surface area contributed by atoms with Gasteiger partial charge in [0.1, 0.15) is 0 Å². The van der Waals surface area contributed by atoms with Crippen LogP contribution in [-0.2, 0) is 28.9 Å². The average Bonchev–Trinajstić information content (AvgIpc) is 3.19. The first-order chi connectivity index (χ1) is 11.1. The van der Waals surface area contributed by atoms with Crippen molar-refractivity contribution < 1.29 is 14.3 Å². The van der Waals surface area contributed by atoms with E-state index in [1.54, 1.807) is 22.7 Å². The van der Waals surface area contributed by atoms with Crippen molar-refractivity contribution in [3.8, 4) is 0 Å². The average molecular weight is 349 g/mol. The molecule has 4 nitrogen and oxygen atoms in total. The first-order valence-electron chi connectivity index (χ1n) is 7.69. The number of thiophene rings is 2. The Hall–Kier alpha value is -1.66. The Kier molecular flexibility index (Phi) is 5.13. The molecule has 0 saturated carbocycles. The molecule has 2 aromatic heterocycles. The fourth-order valence-electron chi connectivity index (χ4n) is 2.71. The molecule has 6 heteroatoms. The molecule has 1 aliphatic carbocycles. The predicted molar refractivity (Wildman–Crippen MR) is 92.0 cm³/mol. The Balaban J connectivity index is 1.50. The van der Waals surface area contributed by atoms with E-state index in [0.717, 1.165) is 29.7 Å². The maximum absolute atomic E-state index is 12.2. The van der Waals surface area contributed by atoms with Crippen molar-refractivity contribution >= 4 is 34.6 Å². The summed E-state index contributed by atoms with van der Waals surface area (Å²) in [6, 6.07) is 3.89. The SMILES string of the molecule is CC1CCc2c(C(=O)OCC(=O)NCc3cccs3)csc2C1. The quantitative estimate of drug-likeness (QED) is 0.842. The number of hydrogen-bond acceptors (Lipinski definition) is 5. The van der Waals surface area contributed by atoms with E-state index in [4.69, 9.17) is 4.74 Å². The van der Waals surface area contributed by atoms with Gasteiger partial charge in [0.05, 0.1) is 12.1 Å². The van der Waals surface area contributed by atoms with Gasteiger partial charge in [-0.25, -0.2) is 4.79 Å². The number of rotatable bonds is 5. The normalized spacial score (nSPS) is 16.7. The van der Waals surface area contributed by atoms with Crippen LogP contribution in [0.1, 0.15) is 39.0 Å². The highest BCUT2D eigenvalue weighted by atomic mass is 32.1. The van der Waals surface area contributed by atoms with Crippen molar-refractivity contribution in [3.63, 3.8) is 0 Å². The van der Waals surface area contributed by atoms with Crippen LogP contribution < -0.4 is 5.32 Å². The summed E-state index contributed by atoms with van der Waals surface area (Å²) in [6.45, 7) is 2.48. The summed E-state index contributed by atoms with van der Waals surface area (Å²) in [5.74, 6) is 0.0147. The second-order valence-electron chi connectivity index (χ2n) is 5.83. The second kappa shape index (κ2) is 7.27.